The largest absolute Gasteiger partial charge is 0.493 e. The van der Waals surface area contributed by atoms with Crippen LogP contribution in [0.25, 0.3) is 11.3 Å². The molecule has 28 heavy (non-hydrogen) atoms. The van der Waals surface area contributed by atoms with Crippen molar-refractivity contribution in [3.8, 4) is 28.5 Å². The normalized spacial score (nSPS) is 10.2. The van der Waals surface area contributed by atoms with Crippen LogP contribution in [-0.2, 0) is 0 Å². The lowest BCUT2D eigenvalue weighted by atomic mass is 10.1. The molecule has 3 rings (SSSR count). The number of benzene rings is 2. The van der Waals surface area contributed by atoms with Gasteiger partial charge in [-0.25, -0.2) is 9.97 Å². The summed E-state index contributed by atoms with van der Waals surface area (Å²) in [5, 5.41) is 14.3. The van der Waals surface area contributed by atoms with Crippen LogP contribution in [0.4, 0.5) is 17.3 Å². The summed E-state index contributed by atoms with van der Waals surface area (Å²) in [5.41, 5.74) is 1.41. The predicted octanol–water partition coefficient (Wildman–Crippen LogP) is 3.82. The van der Waals surface area contributed by atoms with Gasteiger partial charge in [-0.1, -0.05) is 12.1 Å². The number of anilines is 2. The van der Waals surface area contributed by atoms with E-state index in [1.165, 1.54) is 33.6 Å². The van der Waals surface area contributed by atoms with E-state index in [1.54, 1.807) is 36.4 Å². The molecule has 0 radical (unpaired) electrons. The smallest absolute Gasteiger partial charge is 0.278 e. The summed E-state index contributed by atoms with van der Waals surface area (Å²) in [6, 6.07) is 11.4. The first-order valence-electron chi connectivity index (χ1n) is 8.21. The topological polar surface area (TPSA) is 109 Å². The van der Waals surface area contributed by atoms with Crippen molar-refractivity contribution in [3.63, 3.8) is 0 Å². The van der Waals surface area contributed by atoms with Crippen molar-refractivity contribution in [2.45, 2.75) is 0 Å². The zero-order chi connectivity index (χ0) is 20.1. The van der Waals surface area contributed by atoms with Crippen molar-refractivity contribution in [1.29, 1.82) is 0 Å². The second-order valence-electron chi connectivity index (χ2n) is 5.58. The summed E-state index contributed by atoms with van der Waals surface area (Å²) in [7, 11) is 4.56. The van der Waals surface area contributed by atoms with E-state index in [4.69, 9.17) is 14.2 Å². The monoisotopic (exact) mass is 382 g/mol. The van der Waals surface area contributed by atoms with Crippen LogP contribution in [0.1, 0.15) is 0 Å². The molecule has 0 bridgehead atoms. The molecule has 0 fully saturated rings. The van der Waals surface area contributed by atoms with Crippen LogP contribution in [-0.4, -0.2) is 36.2 Å². The maximum atomic E-state index is 11.3. The quantitative estimate of drug-likeness (QED) is 0.485. The van der Waals surface area contributed by atoms with E-state index < -0.39 is 4.92 Å². The zero-order valence-corrected chi connectivity index (χ0v) is 15.5. The van der Waals surface area contributed by atoms with Crippen molar-refractivity contribution in [3.05, 3.63) is 58.8 Å². The first kappa shape index (κ1) is 18.9. The molecule has 0 saturated heterocycles. The molecule has 9 nitrogen and oxygen atoms in total. The highest BCUT2D eigenvalue weighted by atomic mass is 16.6. The predicted molar refractivity (Wildman–Crippen MR) is 104 cm³/mol. The summed E-state index contributed by atoms with van der Waals surface area (Å²) in [6.07, 6.45) is 1.53. The van der Waals surface area contributed by atoms with Crippen molar-refractivity contribution in [1.82, 2.24) is 9.97 Å². The molecule has 0 aliphatic rings. The number of aromatic nitrogens is 2. The van der Waals surface area contributed by atoms with E-state index in [0.717, 1.165) is 0 Å². The van der Waals surface area contributed by atoms with Crippen molar-refractivity contribution < 1.29 is 19.1 Å². The van der Waals surface area contributed by atoms with E-state index in [0.29, 0.717) is 34.2 Å². The summed E-state index contributed by atoms with van der Waals surface area (Å²) in [4.78, 5) is 19.4. The Bertz CT molecular complexity index is 984. The van der Waals surface area contributed by atoms with E-state index in [-0.39, 0.29) is 11.6 Å². The van der Waals surface area contributed by atoms with Crippen LogP contribution in [0.3, 0.4) is 0 Å². The van der Waals surface area contributed by atoms with Gasteiger partial charge in [0.05, 0.1) is 37.5 Å². The van der Waals surface area contributed by atoms with Gasteiger partial charge in [0.2, 0.25) is 11.7 Å². The fraction of sp³-hybridized carbons (Fsp3) is 0.158. The first-order valence-corrected chi connectivity index (χ1v) is 8.21. The molecule has 0 unspecified atom stereocenters. The van der Waals surface area contributed by atoms with Crippen molar-refractivity contribution in [2.24, 2.45) is 0 Å². The highest BCUT2D eigenvalue weighted by Gasteiger charge is 2.17. The van der Waals surface area contributed by atoms with E-state index in [1.807, 2.05) is 0 Å². The molecular formula is C19H18N4O5. The number of ether oxygens (including phenoxy) is 3. The SMILES string of the molecule is COc1cc(Nc2nccc(-c3ccccc3[N+](=O)[O-])n2)cc(OC)c1OC. The molecule has 9 heteroatoms. The van der Waals surface area contributed by atoms with Gasteiger partial charge in [-0.2, -0.15) is 0 Å². The Kier molecular flexibility index (Phi) is 5.54. The van der Waals surface area contributed by atoms with Crippen LogP contribution in [0.15, 0.2) is 48.7 Å². The average molecular weight is 382 g/mol. The fourth-order valence-corrected chi connectivity index (χ4v) is 2.70. The molecule has 0 spiro atoms. The van der Waals surface area contributed by atoms with Gasteiger partial charge in [-0.15, -0.1) is 0 Å². The summed E-state index contributed by atoms with van der Waals surface area (Å²) in [6.45, 7) is 0. The minimum Gasteiger partial charge on any atom is -0.493 e. The maximum Gasteiger partial charge on any atom is 0.278 e. The van der Waals surface area contributed by atoms with Crippen molar-refractivity contribution in [2.75, 3.05) is 26.6 Å². The van der Waals surface area contributed by atoms with Gasteiger partial charge in [0, 0.05) is 30.1 Å². The third-order valence-corrected chi connectivity index (χ3v) is 3.95. The minimum atomic E-state index is -0.441. The van der Waals surface area contributed by atoms with Crippen LogP contribution >= 0.6 is 0 Å². The van der Waals surface area contributed by atoms with Gasteiger partial charge in [0.15, 0.2) is 11.5 Å². The highest BCUT2D eigenvalue weighted by Crippen LogP contribution is 2.40. The lowest BCUT2D eigenvalue weighted by Gasteiger charge is -2.14. The summed E-state index contributed by atoms with van der Waals surface area (Å²) < 4.78 is 16.0. The van der Waals surface area contributed by atoms with Gasteiger partial charge >= 0.3 is 0 Å². The zero-order valence-electron chi connectivity index (χ0n) is 15.5. The van der Waals surface area contributed by atoms with E-state index in [2.05, 4.69) is 15.3 Å². The Morgan fingerprint density at radius 1 is 1.00 bits per heavy atom. The Morgan fingerprint density at radius 2 is 1.68 bits per heavy atom. The Balaban J connectivity index is 1.98. The van der Waals surface area contributed by atoms with Crippen LogP contribution in [0.2, 0.25) is 0 Å². The number of para-hydroxylation sites is 1. The Hall–Kier alpha value is -3.88. The number of rotatable bonds is 7. The summed E-state index contributed by atoms with van der Waals surface area (Å²) >= 11 is 0. The number of nitrogens with zero attached hydrogens (tertiary/aromatic N) is 3. The Morgan fingerprint density at radius 3 is 2.29 bits per heavy atom. The Labute approximate surface area is 161 Å². The fourth-order valence-electron chi connectivity index (χ4n) is 2.70. The number of nitro groups is 1. The third-order valence-electron chi connectivity index (χ3n) is 3.95. The molecule has 1 heterocycles. The molecule has 0 atom stereocenters. The number of nitrogens with one attached hydrogen (secondary N) is 1. The molecule has 0 saturated carbocycles. The molecular weight excluding hydrogens is 364 g/mol. The molecule has 0 amide bonds. The lowest BCUT2D eigenvalue weighted by molar-refractivity contribution is -0.384. The van der Waals surface area contributed by atoms with Crippen LogP contribution < -0.4 is 19.5 Å². The molecule has 0 aliphatic carbocycles. The van der Waals surface area contributed by atoms with Gasteiger partial charge in [0.25, 0.3) is 5.69 Å². The first-order chi connectivity index (χ1) is 13.6. The maximum absolute atomic E-state index is 11.3. The second kappa shape index (κ2) is 8.21. The number of methoxy groups -OCH3 is 3. The molecule has 3 aromatic rings. The summed E-state index contributed by atoms with van der Waals surface area (Å²) in [5.74, 6) is 1.67. The van der Waals surface area contributed by atoms with Crippen LogP contribution in [0, 0.1) is 10.1 Å². The van der Waals surface area contributed by atoms with Gasteiger partial charge in [-0.3, -0.25) is 10.1 Å². The molecule has 2 aromatic carbocycles. The average Bonchev–Trinajstić information content (AvgIpc) is 2.73. The van der Waals surface area contributed by atoms with Gasteiger partial charge in [0.1, 0.15) is 0 Å². The van der Waals surface area contributed by atoms with Crippen molar-refractivity contribution >= 4 is 17.3 Å². The molecule has 1 N–H and O–H groups in total. The molecule has 0 aliphatic heterocycles. The lowest BCUT2D eigenvalue weighted by Crippen LogP contribution is -2.01. The van der Waals surface area contributed by atoms with Gasteiger partial charge in [-0.05, 0) is 12.1 Å². The molecule has 144 valence electrons. The minimum absolute atomic E-state index is 0.0278. The van der Waals surface area contributed by atoms with E-state index >= 15 is 0 Å². The third kappa shape index (κ3) is 3.78. The number of hydrogen-bond donors (Lipinski definition) is 1. The number of hydrogen-bond acceptors (Lipinski definition) is 8. The molecule has 1 aromatic heterocycles. The van der Waals surface area contributed by atoms with E-state index in [9.17, 15) is 10.1 Å². The second-order valence-corrected chi connectivity index (χ2v) is 5.58. The number of nitro benzene ring substituents is 1. The van der Waals surface area contributed by atoms with Crippen LogP contribution in [0.5, 0.6) is 17.2 Å². The standard InChI is InChI=1S/C19H18N4O5/c1-26-16-10-12(11-17(27-2)18(16)28-3)21-19-20-9-8-14(22-19)13-6-4-5-7-15(13)23(24)25/h4-11H,1-3H3,(H,20,21,22). The van der Waals surface area contributed by atoms with Gasteiger partial charge < -0.3 is 19.5 Å². The highest BCUT2D eigenvalue weighted by molar-refractivity contribution is 5.72.